The second-order valence-electron chi connectivity index (χ2n) is 6.73. The van der Waals surface area contributed by atoms with Crippen LogP contribution in [0.5, 0.6) is 0 Å². The van der Waals surface area contributed by atoms with E-state index in [-0.39, 0.29) is 5.60 Å². The first-order chi connectivity index (χ1) is 8.45. The number of rotatable bonds is 7. The lowest BCUT2D eigenvalue weighted by Crippen LogP contribution is -2.47. The van der Waals surface area contributed by atoms with Gasteiger partial charge in [-0.3, -0.25) is 0 Å². The first-order valence-electron chi connectivity index (χ1n) is 7.85. The van der Waals surface area contributed by atoms with Crippen molar-refractivity contribution < 1.29 is 4.74 Å². The fourth-order valence-electron chi connectivity index (χ4n) is 2.84. The molecule has 1 rings (SSSR count). The number of ether oxygens (including phenoxy) is 1. The molecule has 0 aliphatic carbocycles. The van der Waals surface area contributed by atoms with Crippen molar-refractivity contribution in [2.24, 2.45) is 5.92 Å². The first-order valence-corrected chi connectivity index (χ1v) is 7.85. The van der Waals surface area contributed by atoms with Gasteiger partial charge in [-0.1, -0.05) is 33.6 Å². The van der Waals surface area contributed by atoms with Gasteiger partial charge in [-0.25, -0.2) is 0 Å². The van der Waals surface area contributed by atoms with Gasteiger partial charge in [-0.05, 0) is 45.4 Å². The molecule has 1 saturated heterocycles. The molecule has 0 aromatic heterocycles. The van der Waals surface area contributed by atoms with Crippen molar-refractivity contribution in [2.75, 3.05) is 6.61 Å². The Balaban J connectivity index is 2.24. The van der Waals surface area contributed by atoms with Crippen LogP contribution < -0.4 is 5.32 Å². The van der Waals surface area contributed by atoms with E-state index in [1.165, 1.54) is 25.7 Å². The molecular formula is C16H33NO. The SMILES string of the molecule is CCC1(C)CC(NC(C)CCCC(C)C)CCO1. The van der Waals surface area contributed by atoms with Gasteiger partial charge in [0.1, 0.15) is 0 Å². The molecule has 0 aromatic carbocycles. The highest BCUT2D eigenvalue weighted by atomic mass is 16.5. The Morgan fingerprint density at radius 1 is 1.28 bits per heavy atom. The van der Waals surface area contributed by atoms with E-state index in [9.17, 15) is 0 Å². The normalized spacial score (nSPS) is 30.7. The maximum Gasteiger partial charge on any atom is 0.0666 e. The van der Waals surface area contributed by atoms with Gasteiger partial charge < -0.3 is 10.1 Å². The molecule has 3 unspecified atom stereocenters. The number of nitrogens with one attached hydrogen (secondary N) is 1. The molecular weight excluding hydrogens is 222 g/mol. The van der Waals surface area contributed by atoms with Gasteiger partial charge in [0.15, 0.2) is 0 Å². The standard InChI is InChI=1S/C16H33NO/c1-6-16(5)12-15(10-11-18-16)17-14(4)9-7-8-13(2)3/h13-15,17H,6-12H2,1-5H3. The van der Waals surface area contributed by atoms with E-state index >= 15 is 0 Å². The van der Waals surface area contributed by atoms with Crippen molar-refractivity contribution in [2.45, 2.75) is 90.8 Å². The first kappa shape index (κ1) is 16.0. The molecule has 0 aromatic rings. The summed E-state index contributed by atoms with van der Waals surface area (Å²) in [5.41, 5.74) is 0.105. The zero-order valence-corrected chi connectivity index (χ0v) is 13.1. The summed E-state index contributed by atoms with van der Waals surface area (Å²) in [5.74, 6) is 0.837. The molecule has 0 radical (unpaired) electrons. The molecule has 0 saturated carbocycles. The lowest BCUT2D eigenvalue weighted by Gasteiger charge is -2.39. The predicted octanol–water partition coefficient (Wildman–Crippen LogP) is 4.14. The van der Waals surface area contributed by atoms with Crippen LogP contribution >= 0.6 is 0 Å². The topological polar surface area (TPSA) is 21.3 Å². The molecule has 0 bridgehead atoms. The summed E-state index contributed by atoms with van der Waals surface area (Å²) < 4.78 is 5.90. The lowest BCUT2D eigenvalue weighted by atomic mass is 9.89. The van der Waals surface area contributed by atoms with Crippen molar-refractivity contribution in [1.82, 2.24) is 5.32 Å². The Morgan fingerprint density at radius 2 is 2.00 bits per heavy atom. The lowest BCUT2D eigenvalue weighted by molar-refractivity contribution is -0.0790. The third-order valence-electron chi connectivity index (χ3n) is 4.28. The van der Waals surface area contributed by atoms with E-state index in [0.717, 1.165) is 25.4 Å². The average Bonchev–Trinajstić information content (AvgIpc) is 2.28. The second-order valence-corrected chi connectivity index (χ2v) is 6.73. The van der Waals surface area contributed by atoms with Crippen molar-refractivity contribution in [3.8, 4) is 0 Å². The number of hydrogen-bond donors (Lipinski definition) is 1. The molecule has 18 heavy (non-hydrogen) atoms. The quantitative estimate of drug-likeness (QED) is 0.738. The molecule has 108 valence electrons. The Bertz CT molecular complexity index is 229. The summed E-state index contributed by atoms with van der Waals surface area (Å²) in [6, 6.07) is 1.30. The smallest absolute Gasteiger partial charge is 0.0666 e. The third kappa shape index (κ3) is 5.71. The van der Waals surface area contributed by atoms with Crippen LogP contribution in [0, 0.1) is 5.92 Å². The zero-order chi connectivity index (χ0) is 13.6. The van der Waals surface area contributed by atoms with Crippen LogP contribution in [0.15, 0.2) is 0 Å². The summed E-state index contributed by atoms with van der Waals surface area (Å²) in [5, 5.41) is 3.80. The molecule has 0 spiro atoms. The Kier molecular flexibility index (Phi) is 6.65. The van der Waals surface area contributed by atoms with Gasteiger partial charge in [-0.15, -0.1) is 0 Å². The summed E-state index contributed by atoms with van der Waals surface area (Å²) in [4.78, 5) is 0. The van der Waals surface area contributed by atoms with Crippen molar-refractivity contribution in [3.05, 3.63) is 0 Å². The third-order valence-corrected chi connectivity index (χ3v) is 4.28. The van der Waals surface area contributed by atoms with E-state index in [0.29, 0.717) is 12.1 Å². The van der Waals surface area contributed by atoms with Crippen LogP contribution in [0.1, 0.15) is 73.1 Å². The van der Waals surface area contributed by atoms with Crippen molar-refractivity contribution >= 4 is 0 Å². The zero-order valence-electron chi connectivity index (χ0n) is 13.1. The Labute approximate surface area is 114 Å². The van der Waals surface area contributed by atoms with Gasteiger partial charge in [0.2, 0.25) is 0 Å². The molecule has 0 amide bonds. The highest BCUT2D eigenvalue weighted by molar-refractivity contribution is 4.86. The van der Waals surface area contributed by atoms with Gasteiger partial charge in [0, 0.05) is 18.7 Å². The largest absolute Gasteiger partial charge is 0.375 e. The molecule has 1 aliphatic heterocycles. The van der Waals surface area contributed by atoms with Crippen LogP contribution in [0.4, 0.5) is 0 Å². The number of hydrogen-bond acceptors (Lipinski definition) is 2. The molecule has 3 atom stereocenters. The monoisotopic (exact) mass is 255 g/mol. The van der Waals surface area contributed by atoms with Gasteiger partial charge in [0.05, 0.1) is 5.60 Å². The minimum Gasteiger partial charge on any atom is -0.375 e. The molecule has 1 N–H and O–H groups in total. The fraction of sp³-hybridized carbons (Fsp3) is 1.00. The van der Waals surface area contributed by atoms with Crippen molar-refractivity contribution in [3.63, 3.8) is 0 Å². The Hall–Kier alpha value is -0.0800. The van der Waals surface area contributed by atoms with Gasteiger partial charge >= 0.3 is 0 Å². The summed E-state index contributed by atoms with van der Waals surface area (Å²) in [7, 11) is 0. The van der Waals surface area contributed by atoms with E-state index in [1.54, 1.807) is 0 Å². The molecule has 1 aliphatic rings. The van der Waals surface area contributed by atoms with Gasteiger partial charge in [-0.2, -0.15) is 0 Å². The minimum atomic E-state index is 0.105. The maximum atomic E-state index is 5.90. The highest BCUT2D eigenvalue weighted by Gasteiger charge is 2.31. The van der Waals surface area contributed by atoms with Crippen molar-refractivity contribution in [1.29, 1.82) is 0 Å². The van der Waals surface area contributed by atoms with Crippen LogP contribution in [0.25, 0.3) is 0 Å². The molecule has 1 fully saturated rings. The predicted molar refractivity (Wildman–Crippen MR) is 79.0 cm³/mol. The Morgan fingerprint density at radius 3 is 2.61 bits per heavy atom. The molecule has 1 heterocycles. The van der Waals surface area contributed by atoms with E-state index in [1.807, 2.05) is 0 Å². The van der Waals surface area contributed by atoms with E-state index < -0.39 is 0 Å². The molecule has 2 nitrogen and oxygen atoms in total. The highest BCUT2D eigenvalue weighted by Crippen LogP contribution is 2.28. The van der Waals surface area contributed by atoms with Gasteiger partial charge in [0.25, 0.3) is 0 Å². The summed E-state index contributed by atoms with van der Waals surface area (Å²) >= 11 is 0. The van der Waals surface area contributed by atoms with E-state index in [2.05, 4.69) is 39.9 Å². The summed E-state index contributed by atoms with van der Waals surface area (Å²) in [6.07, 6.45) is 7.46. The minimum absolute atomic E-state index is 0.105. The average molecular weight is 255 g/mol. The fourth-order valence-corrected chi connectivity index (χ4v) is 2.84. The van der Waals surface area contributed by atoms with Crippen LogP contribution in [-0.4, -0.2) is 24.3 Å². The van der Waals surface area contributed by atoms with Crippen LogP contribution in [0.2, 0.25) is 0 Å². The summed E-state index contributed by atoms with van der Waals surface area (Å²) in [6.45, 7) is 12.4. The van der Waals surface area contributed by atoms with E-state index in [4.69, 9.17) is 4.74 Å². The second kappa shape index (κ2) is 7.49. The maximum absolute atomic E-state index is 5.90. The van der Waals surface area contributed by atoms with Crippen LogP contribution in [0.3, 0.4) is 0 Å². The van der Waals surface area contributed by atoms with Crippen LogP contribution in [-0.2, 0) is 4.74 Å². The molecule has 2 heteroatoms.